The molecular formula is C6H8IN. The Bertz CT molecular complexity index is 150. The molecule has 0 unspecified atom stereocenters. The Morgan fingerprint density at radius 1 is 1.62 bits per heavy atom. The second kappa shape index (κ2) is 3.02. The Kier molecular flexibility index (Phi) is 2.27. The van der Waals surface area contributed by atoms with Crippen LogP contribution in [-0.2, 0) is 0 Å². The molecule has 0 aliphatic heterocycles. The van der Waals surface area contributed by atoms with Crippen LogP contribution in [0.3, 0.4) is 0 Å². The molecular weight excluding hydrogens is 213 g/mol. The van der Waals surface area contributed by atoms with Crippen molar-refractivity contribution in [2.75, 3.05) is 4.93 Å². The predicted octanol–water partition coefficient (Wildman–Crippen LogP) is -2.61. The van der Waals surface area contributed by atoms with E-state index in [2.05, 4.69) is 22.2 Å². The Hall–Kier alpha value is -0.120. The summed E-state index contributed by atoms with van der Waals surface area (Å²) in [6.07, 6.45) is 4.00. The third-order valence-corrected chi connectivity index (χ3v) is 2.80. The maximum absolute atomic E-state index is 3.04. The molecule has 0 bridgehead atoms. The van der Waals surface area contributed by atoms with Gasteiger partial charge in [0.2, 0.25) is 0 Å². The first-order valence-corrected chi connectivity index (χ1v) is 5.62. The predicted molar refractivity (Wildman–Crippen MR) is 27.6 cm³/mol. The fraction of sp³-hybridized carbons (Fsp3) is 0.167. The van der Waals surface area contributed by atoms with E-state index in [0.717, 1.165) is 0 Å². The van der Waals surface area contributed by atoms with Crippen molar-refractivity contribution >= 4 is 0 Å². The molecule has 0 saturated heterocycles. The van der Waals surface area contributed by atoms with Gasteiger partial charge in [0, 0.05) is 0 Å². The Morgan fingerprint density at radius 3 is 2.88 bits per heavy atom. The van der Waals surface area contributed by atoms with E-state index in [4.69, 9.17) is 0 Å². The molecule has 0 aromatic carbocycles. The van der Waals surface area contributed by atoms with Gasteiger partial charge in [0.1, 0.15) is 0 Å². The van der Waals surface area contributed by atoms with Gasteiger partial charge < -0.3 is 0 Å². The summed E-state index contributed by atoms with van der Waals surface area (Å²) in [6, 6.07) is 4.20. The number of nitrogens with one attached hydrogen (secondary N) is 1. The number of alkyl halides is 1. The van der Waals surface area contributed by atoms with E-state index in [0.29, 0.717) is 0 Å². The Morgan fingerprint density at radius 2 is 2.50 bits per heavy atom. The van der Waals surface area contributed by atoms with Crippen LogP contribution in [0.15, 0.2) is 24.5 Å². The van der Waals surface area contributed by atoms with Gasteiger partial charge in [-0.25, -0.2) is 0 Å². The summed E-state index contributed by atoms with van der Waals surface area (Å²) < 4.78 is 1.46. The van der Waals surface area contributed by atoms with Crippen molar-refractivity contribution in [1.82, 2.24) is 0 Å². The van der Waals surface area contributed by atoms with Crippen LogP contribution in [0.2, 0.25) is 0 Å². The molecule has 1 nitrogen and oxygen atoms in total. The van der Waals surface area contributed by atoms with Gasteiger partial charge in [0.15, 0.2) is 0 Å². The van der Waals surface area contributed by atoms with Crippen molar-refractivity contribution in [3.05, 3.63) is 28.1 Å². The molecule has 0 aliphatic rings. The first-order valence-electron chi connectivity index (χ1n) is 2.39. The maximum atomic E-state index is 3.04. The molecule has 0 spiro atoms. The summed E-state index contributed by atoms with van der Waals surface area (Å²) in [5, 5.41) is 0. The molecule has 1 aromatic heterocycles. The van der Waals surface area contributed by atoms with Crippen LogP contribution in [0.4, 0.5) is 0 Å². The quantitative estimate of drug-likeness (QED) is 0.364. The molecule has 0 amide bonds. The normalized spacial score (nSPS) is 9.62. The van der Waals surface area contributed by atoms with Crippen LogP contribution in [0.5, 0.6) is 0 Å². The zero-order chi connectivity index (χ0) is 5.82. The van der Waals surface area contributed by atoms with Crippen molar-refractivity contribution in [2.24, 2.45) is 0 Å². The number of aromatic nitrogens is 1. The van der Waals surface area contributed by atoms with Crippen LogP contribution >= 0.6 is 0 Å². The van der Waals surface area contributed by atoms with Gasteiger partial charge in [-0.3, -0.25) is 0 Å². The standard InChI is InChI=1S/C6H7IN/c1-7-6-3-2-4-8-5-6/h2-5H,1H3/q-1/p+1. The molecule has 0 atom stereocenters. The molecule has 1 N–H and O–H groups in total. The molecule has 44 valence electrons. The van der Waals surface area contributed by atoms with Crippen molar-refractivity contribution in [1.29, 1.82) is 0 Å². The van der Waals surface area contributed by atoms with Gasteiger partial charge in [-0.15, -0.1) is 0 Å². The second-order valence-electron chi connectivity index (χ2n) is 1.41. The van der Waals surface area contributed by atoms with E-state index < -0.39 is 0 Å². The molecule has 1 rings (SSSR count). The number of pyridine rings is 1. The first kappa shape index (κ1) is 6.01. The molecule has 0 radical (unpaired) electrons. The summed E-state index contributed by atoms with van der Waals surface area (Å²) in [6.45, 7) is 0. The summed E-state index contributed by atoms with van der Waals surface area (Å²) in [5.41, 5.74) is 0. The van der Waals surface area contributed by atoms with Crippen LogP contribution in [0.1, 0.15) is 0 Å². The Labute approximate surface area is 59.4 Å². The van der Waals surface area contributed by atoms with E-state index in [9.17, 15) is 0 Å². The van der Waals surface area contributed by atoms with Gasteiger partial charge >= 0.3 is 59.2 Å². The van der Waals surface area contributed by atoms with Gasteiger partial charge in [0.25, 0.3) is 0 Å². The molecule has 1 aromatic rings. The third kappa shape index (κ3) is 1.43. The second-order valence-corrected chi connectivity index (χ2v) is 3.74. The minimum atomic E-state index is 0.278. The van der Waals surface area contributed by atoms with Crippen LogP contribution in [-0.4, -0.2) is 4.93 Å². The number of halogens is 1. The van der Waals surface area contributed by atoms with Crippen LogP contribution in [0.25, 0.3) is 0 Å². The molecule has 2 heteroatoms. The zero-order valence-electron chi connectivity index (χ0n) is 4.69. The number of hydrogen-bond acceptors (Lipinski definition) is 0. The zero-order valence-corrected chi connectivity index (χ0v) is 6.84. The van der Waals surface area contributed by atoms with Crippen molar-refractivity contribution < 1.29 is 26.2 Å². The fourth-order valence-electron chi connectivity index (χ4n) is 0.489. The molecule has 8 heavy (non-hydrogen) atoms. The number of aromatic amines is 1. The summed E-state index contributed by atoms with van der Waals surface area (Å²) in [5.74, 6) is 0. The van der Waals surface area contributed by atoms with Crippen molar-refractivity contribution in [2.45, 2.75) is 0 Å². The van der Waals surface area contributed by atoms with Gasteiger partial charge in [-0.05, 0) is 0 Å². The average molecular weight is 221 g/mol. The van der Waals surface area contributed by atoms with Crippen LogP contribution < -0.4 is 26.2 Å². The van der Waals surface area contributed by atoms with Gasteiger partial charge in [-0.1, -0.05) is 0 Å². The molecule has 0 aliphatic carbocycles. The fourth-order valence-corrected chi connectivity index (χ4v) is 1.55. The average Bonchev–Trinajstić information content (AvgIpc) is 1.90. The van der Waals surface area contributed by atoms with Gasteiger partial charge in [0.05, 0.1) is 0 Å². The Balaban J connectivity index is 2.83. The van der Waals surface area contributed by atoms with Crippen molar-refractivity contribution in [3.8, 4) is 0 Å². The van der Waals surface area contributed by atoms with E-state index >= 15 is 0 Å². The molecule has 0 fully saturated rings. The summed E-state index contributed by atoms with van der Waals surface area (Å²) in [7, 11) is 0. The minimum absolute atomic E-state index is 0.278. The van der Waals surface area contributed by atoms with Crippen molar-refractivity contribution in [3.63, 3.8) is 0 Å². The number of hydrogen-bond donors (Lipinski definition) is 0. The number of H-pyrrole nitrogens is 1. The van der Waals surface area contributed by atoms with Crippen LogP contribution in [0, 0.1) is 3.57 Å². The monoisotopic (exact) mass is 221 g/mol. The summed E-state index contributed by atoms with van der Waals surface area (Å²) >= 11 is 0.278. The molecule has 0 saturated carbocycles. The van der Waals surface area contributed by atoms with E-state index in [-0.39, 0.29) is 21.2 Å². The summed E-state index contributed by atoms with van der Waals surface area (Å²) in [4.78, 5) is 5.29. The first-order chi connectivity index (χ1) is 3.93. The topological polar surface area (TPSA) is 14.1 Å². The molecule has 1 heterocycles. The van der Waals surface area contributed by atoms with E-state index in [1.807, 2.05) is 12.3 Å². The van der Waals surface area contributed by atoms with Gasteiger partial charge in [-0.2, -0.15) is 0 Å². The van der Waals surface area contributed by atoms with E-state index in [1.165, 1.54) is 3.57 Å². The van der Waals surface area contributed by atoms with E-state index in [1.54, 1.807) is 0 Å². The SMILES string of the molecule is C[I-]c1ccc[nH+]c1. The number of rotatable bonds is 1. The third-order valence-electron chi connectivity index (χ3n) is 0.887.